The van der Waals surface area contributed by atoms with E-state index in [1.165, 1.54) is 32.4 Å². The van der Waals surface area contributed by atoms with Crippen LogP contribution in [0.5, 0.6) is 0 Å². The molecule has 0 saturated carbocycles. The van der Waals surface area contributed by atoms with Gasteiger partial charge in [-0.05, 0) is 43.2 Å². The van der Waals surface area contributed by atoms with E-state index in [1.54, 1.807) is 0 Å². The van der Waals surface area contributed by atoms with Crippen LogP contribution in [0.2, 0.25) is 0 Å². The third-order valence-electron chi connectivity index (χ3n) is 4.28. The summed E-state index contributed by atoms with van der Waals surface area (Å²) >= 11 is 0. The molecular weight excluding hydrogens is 182 g/mol. The van der Waals surface area contributed by atoms with Gasteiger partial charge in [0.15, 0.2) is 0 Å². The molecule has 0 spiro atoms. The van der Waals surface area contributed by atoms with Gasteiger partial charge in [-0.1, -0.05) is 48.0 Å². The Bertz CT molecular complexity index is 145. The van der Waals surface area contributed by atoms with Crippen molar-refractivity contribution in [3.8, 4) is 0 Å². The van der Waals surface area contributed by atoms with Gasteiger partial charge in [-0.3, -0.25) is 0 Å². The van der Waals surface area contributed by atoms with Gasteiger partial charge in [0.25, 0.3) is 0 Å². The van der Waals surface area contributed by atoms with Crippen molar-refractivity contribution in [3.63, 3.8) is 0 Å². The van der Waals surface area contributed by atoms with Crippen LogP contribution in [0.15, 0.2) is 0 Å². The molecule has 0 aromatic carbocycles. The first-order chi connectivity index (χ1) is 7.13. The maximum absolute atomic E-state index is 3.47. The van der Waals surface area contributed by atoms with Gasteiger partial charge in [0.1, 0.15) is 0 Å². The minimum Gasteiger partial charge on any atom is -0.317 e. The molecule has 0 radical (unpaired) electrons. The highest BCUT2D eigenvalue weighted by Gasteiger charge is 2.38. The van der Waals surface area contributed by atoms with Crippen LogP contribution in [0.25, 0.3) is 0 Å². The van der Waals surface area contributed by atoms with Crippen molar-refractivity contribution in [1.29, 1.82) is 0 Å². The maximum Gasteiger partial charge on any atom is -0.00434 e. The largest absolute Gasteiger partial charge is 0.317 e. The molecule has 1 nitrogen and oxygen atoms in total. The first kappa shape index (κ1) is 15.0. The van der Waals surface area contributed by atoms with Crippen LogP contribution >= 0.6 is 0 Å². The van der Waals surface area contributed by atoms with Crippen molar-refractivity contribution >= 4 is 0 Å². The monoisotopic (exact) mass is 213 g/mol. The highest BCUT2D eigenvalue weighted by molar-refractivity contribution is 4.90. The minimum absolute atomic E-state index is 0.625. The third kappa shape index (κ3) is 3.48. The van der Waals surface area contributed by atoms with Gasteiger partial charge in [-0.2, -0.15) is 0 Å². The predicted octanol–water partition coefficient (Wildman–Crippen LogP) is 4.08. The van der Waals surface area contributed by atoms with E-state index in [-0.39, 0.29) is 0 Å². The number of hydrogen-bond donors (Lipinski definition) is 1. The quantitative estimate of drug-likeness (QED) is 0.745. The fourth-order valence-electron chi connectivity index (χ4n) is 2.94. The Balaban J connectivity index is 0.000000921. The summed E-state index contributed by atoms with van der Waals surface area (Å²) in [6.45, 7) is 16.0. The van der Waals surface area contributed by atoms with Crippen molar-refractivity contribution < 1.29 is 0 Å². The average molecular weight is 213 g/mol. The van der Waals surface area contributed by atoms with Crippen LogP contribution < -0.4 is 5.32 Å². The van der Waals surface area contributed by atoms with Crippen LogP contribution in [-0.4, -0.2) is 13.1 Å². The molecule has 1 heterocycles. The van der Waals surface area contributed by atoms with Gasteiger partial charge >= 0.3 is 0 Å². The molecule has 0 aliphatic carbocycles. The zero-order valence-electron chi connectivity index (χ0n) is 11.7. The second kappa shape index (κ2) is 7.27. The highest BCUT2D eigenvalue weighted by Crippen LogP contribution is 2.44. The van der Waals surface area contributed by atoms with E-state index in [2.05, 4.69) is 33.0 Å². The second-order valence-electron chi connectivity index (χ2n) is 4.95. The Labute approximate surface area is 97.0 Å². The maximum atomic E-state index is 3.47. The van der Waals surface area contributed by atoms with Gasteiger partial charge in [-0.25, -0.2) is 0 Å². The van der Waals surface area contributed by atoms with E-state index in [0.717, 1.165) is 11.8 Å². The summed E-state index contributed by atoms with van der Waals surface area (Å²) < 4.78 is 0. The molecule has 1 fully saturated rings. The SMILES string of the molecule is CC.CCC(C)C1(C(C)C)CCNCC1. The number of hydrogen-bond acceptors (Lipinski definition) is 1. The smallest absolute Gasteiger partial charge is 0.00434 e. The number of rotatable bonds is 3. The normalized spacial score (nSPS) is 21.8. The van der Waals surface area contributed by atoms with E-state index in [1.807, 2.05) is 13.8 Å². The van der Waals surface area contributed by atoms with Crippen LogP contribution in [0, 0.1) is 17.3 Å². The summed E-state index contributed by atoms with van der Waals surface area (Å²) in [4.78, 5) is 0. The van der Waals surface area contributed by atoms with E-state index < -0.39 is 0 Å². The minimum atomic E-state index is 0.625. The van der Waals surface area contributed by atoms with E-state index in [4.69, 9.17) is 0 Å². The van der Waals surface area contributed by atoms with Crippen molar-refractivity contribution in [2.75, 3.05) is 13.1 Å². The number of nitrogens with one attached hydrogen (secondary N) is 1. The molecule has 1 aliphatic rings. The Morgan fingerprint density at radius 2 is 1.53 bits per heavy atom. The highest BCUT2D eigenvalue weighted by atomic mass is 14.9. The fourth-order valence-corrected chi connectivity index (χ4v) is 2.94. The molecule has 1 N–H and O–H groups in total. The average Bonchev–Trinajstić information content (AvgIpc) is 2.31. The van der Waals surface area contributed by atoms with Crippen LogP contribution in [0.4, 0.5) is 0 Å². The third-order valence-corrected chi connectivity index (χ3v) is 4.28. The van der Waals surface area contributed by atoms with Gasteiger partial charge < -0.3 is 5.32 Å². The standard InChI is InChI=1S/C12H25N.C2H6/c1-5-11(4)12(10(2)3)6-8-13-9-7-12;1-2/h10-11,13H,5-9H2,1-4H3;1-2H3. The summed E-state index contributed by atoms with van der Waals surface area (Å²) in [7, 11) is 0. The Hall–Kier alpha value is -0.0400. The van der Waals surface area contributed by atoms with Gasteiger partial charge in [0.2, 0.25) is 0 Å². The molecular formula is C14H31N. The molecule has 0 bridgehead atoms. The van der Waals surface area contributed by atoms with Gasteiger partial charge in [0, 0.05) is 0 Å². The summed E-state index contributed by atoms with van der Waals surface area (Å²) in [5.74, 6) is 1.72. The molecule has 0 aromatic heterocycles. The molecule has 1 aliphatic heterocycles. The van der Waals surface area contributed by atoms with Crippen LogP contribution in [0.3, 0.4) is 0 Å². The molecule has 92 valence electrons. The zero-order valence-corrected chi connectivity index (χ0v) is 11.7. The lowest BCUT2D eigenvalue weighted by molar-refractivity contribution is 0.0552. The molecule has 0 aromatic rings. The van der Waals surface area contributed by atoms with Gasteiger partial charge in [0.05, 0.1) is 0 Å². The Morgan fingerprint density at radius 3 is 1.87 bits per heavy atom. The first-order valence-electron chi connectivity index (χ1n) is 6.84. The van der Waals surface area contributed by atoms with E-state index in [9.17, 15) is 0 Å². The van der Waals surface area contributed by atoms with Crippen molar-refractivity contribution in [1.82, 2.24) is 5.32 Å². The molecule has 1 unspecified atom stereocenters. The lowest BCUT2D eigenvalue weighted by Gasteiger charge is -2.46. The first-order valence-corrected chi connectivity index (χ1v) is 6.84. The molecule has 15 heavy (non-hydrogen) atoms. The molecule has 0 amide bonds. The summed E-state index contributed by atoms with van der Waals surface area (Å²) in [6.07, 6.45) is 4.08. The second-order valence-corrected chi connectivity index (χ2v) is 4.95. The number of piperidine rings is 1. The van der Waals surface area contributed by atoms with Crippen LogP contribution in [0.1, 0.15) is 60.8 Å². The van der Waals surface area contributed by atoms with Crippen molar-refractivity contribution in [2.24, 2.45) is 17.3 Å². The predicted molar refractivity (Wildman–Crippen MR) is 70.2 cm³/mol. The summed E-state index contributed by atoms with van der Waals surface area (Å²) in [5, 5.41) is 3.47. The molecule has 1 atom stereocenters. The van der Waals surface area contributed by atoms with Crippen LogP contribution in [-0.2, 0) is 0 Å². The molecule has 1 saturated heterocycles. The fraction of sp³-hybridized carbons (Fsp3) is 1.00. The lowest BCUT2D eigenvalue weighted by atomic mass is 9.62. The Morgan fingerprint density at radius 1 is 1.07 bits per heavy atom. The van der Waals surface area contributed by atoms with Gasteiger partial charge in [-0.15, -0.1) is 0 Å². The van der Waals surface area contributed by atoms with E-state index >= 15 is 0 Å². The van der Waals surface area contributed by atoms with E-state index in [0.29, 0.717) is 5.41 Å². The zero-order chi connectivity index (χ0) is 11.9. The lowest BCUT2D eigenvalue weighted by Crippen LogP contribution is -2.44. The topological polar surface area (TPSA) is 12.0 Å². The molecule has 1 rings (SSSR count). The summed E-state index contributed by atoms with van der Waals surface area (Å²) in [6, 6.07) is 0. The summed E-state index contributed by atoms with van der Waals surface area (Å²) in [5.41, 5.74) is 0.625. The Kier molecular flexibility index (Phi) is 7.25. The van der Waals surface area contributed by atoms with Crippen molar-refractivity contribution in [2.45, 2.75) is 60.8 Å². The van der Waals surface area contributed by atoms with Crippen molar-refractivity contribution in [3.05, 3.63) is 0 Å². The molecule has 1 heteroatoms.